The number of sulfonamides is 1. The SMILES string of the molecule is CCCCCC(c1ccc([N+](=O)[O-])cc1)C(NS(C)(=O)=O)C(N)=O. The van der Waals surface area contributed by atoms with Gasteiger partial charge in [-0.1, -0.05) is 38.3 Å². The standard InChI is InChI=1S/C15H23N3O5S/c1-3-4-5-6-13(14(15(16)19)17-24(2,22)23)11-7-9-12(10-8-11)18(20)21/h7-10,13-14,17H,3-6H2,1-2H3,(H2,16,19). The number of benzene rings is 1. The van der Waals surface area contributed by atoms with Gasteiger partial charge < -0.3 is 5.73 Å². The van der Waals surface area contributed by atoms with E-state index in [0.717, 1.165) is 25.5 Å². The number of hydrogen-bond acceptors (Lipinski definition) is 5. The summed E-state index contributed by atoms with van der Waals surface area (Å²) in [5.74, 6) is -1.26. The number of amides is 1. The fourth-order valence-electron chi connectivity index (χ4n) is 2.55. The number of primary amides is 1. The predicted molar refractivity (Wildman–Crippen MR) is 90.9 cm³/mol. The molecule has 0 aromatic heterocycles. The van der Waals surface area contributed by atoms with Gasteiger partial charge in [0.15, 0.2) is 0 Å². The summed E-state index contributed by atoms with van der Waals surface area (Å²) in [5, 5.41) is 10.8. The van der Waals surface area contributed by atoms with E-state index in [-0.39, 0.29) is 5.69 Å². The Bertz CT molecular complexity index is 673. The predicted octanol–water partition coefficient (Wildman–Crippen LogP) is 1.66. The molecule has 2 unspecified atom stereocenters. The fraction of sp³-hybridized carbons (Fsp3) is 0.533. The van der Waals surface area contributed by atoms with Gasteiger partial charge in [-0.2, -0.15) is 0 Å². The first-order chi connectivity index (χ1) is 11.2. The molecule has 0 saturated carbocycles. The highest BCUT2D eigenvalue weighted by atomic mass is 32.2. The fourth-order valence-corrected chi connectivity index (χ4v) is 3.29. The molecular formula is C15H23N3O5S. The van der Waals surface area contributed by atoms with Crippen LogP contribution in [0.5, 0.6) is 0 Å². The molecule has 0 spiro atoms. The summed E-state index contributed by atoms with van der Waals surface area (Å²) in [6.45, 7) is 2.03. The number of rotatable bonds is 10. The zero-order valence-electron chi connectivity index (χ0n) is 13.8. The molecule has 1 rings (SSSR count). The quantitative estimate of drug-likeness (QED) is 0.373. The summed E-state index contributed by atoms with van der Waals surface area (Å²) in [6.07, 6.45) is 4.18. The van der Waals surface area contributed by atoms with Crippen LogP contribution in [0.3, 0.4) is 0 Å². The summed E-state index contributed by atoms with van der Waals surface area (Å²) in [6, 6.07) is 4.64. The van der Waals surface area contributed by atoms with Gasteiger partial charge in [0.05, 0.1) is 11.2 Å². The Kier molecular flexibility index (Phi) is 7.30. The van der Waals surface area contributed by atoms with Crippen LogP contribution in [0.1, 0.15) is 44.1 Å². The zero-order chi connectivity index (χ0) is 18.3. The molecule has 8 nitrogen and oxygen atoms in total. The second-order valence-electron chi connectivity index (χ2n) is 5.72. The maximum Gasteiger partial charge on any atom is 0.269 e. The molecule has 0 bridgehead atoms. The molecular weight excluding hydrogens is 334 g/mol. The molecule has 1 aromatic rings. The van der Waals surface area contributed by atoms with Crippen molar-refractivity contribution in [3.8, 4) is 0 Å². The van der Waals surface area contributed by atoms with E-state index in [1.807, 2.05) is 6.92 Å². The van der Waals surface area contributed by atoms with Crippen molar-refractivity contribution >= 4 is 21.6 Å². The number of nitrogens with one attached hydrogen (secondary N) is 1. The van der Waals surface area contributed by atoms with Crippen LogP contribution in [-0.2, 0) is 14.8 Å². The van der Waals surface area contributed by atoms with Gasteiger partial charge in [0.2, 0.25) is 15.9 Å². The van der Waals surface area contributed by atoms with Crippen molar-refractivity contribution in [3.63, 3.8) is 0 Å². The molecule has 0 heterocycles. The molecule has 0 fully saturated rings. The van der Waals surface area contributed by atoms with Gasteiger partial charge in [-0.05, 0) is 12.0 Å². The van der Waals surface area contributed by atoms with E-state index >= 15 is 0 Å². The first kappa shape index (κ1) is 20.0. The summed E-state index contributed by atoms with van der Waals surface area (Å²) in [5.41, 5.74) is 5.95. The van der Waals surface area contributed by atoms with Gasteiger partial charge in [-0.25, -0.2) is 13.1 Å². The molecule has 2 atom stereocenters. The number of nitrogens with zero attached hydrogens (tertiary/aromatic N) is 1. The topological polar surface area (TPSA) is 132 Å². The Labute approximate surface area is 141 Å². The second-order valence-corrected chi connectivity index (χ2v) is 7.50. The summed E-state index contributed by atoms with van der Waals surface area (Å²) < 4.78 is 25.4. The van der Waals surface area contributed by atoms with Crippen LogP contribution in [0.2, 0.25) is 0 Å². The van der Waals surface area contributed by atoms with Gasteiger partial charge in [0.25, 0.3) is 5.69 Å². The van der Waals surface area contributed by atoms with Gasteiger partial charge in [0.1, 0.15) is 6.04 Å². The van der Waals surface area contributed by atoms with Crippen molar-refractivity contribution in [2.45, 2.75) is 44.6 Å². The van der Waals surface area contributed by atoms with Crippen molar-refractivity contribution in [2.24, 2.45) is 5.73 Å². The van der Waals surface area contributed by atoms with E-state index in [2.05, 4.69) is 4.72 Å². The Balaban J connectivity index is 3.16. The highest BCUT2D eigenvalue weighted by Gasteiger charge is 2.30. The van der Waals surface area contributed by atoms with E-state index in [4.69, 9.17) is 5.73 Å². The van der Waals surface area contributed by atoms with Crippen LogP contribution in [0.4, 0.5) is 5.69 Å². The van der Waals surface area contributed by atoms with Crippen LogP contribution in [0.25, 0.3) is 0 Å². The van der Waals surface area contributed by atoms with E-state index < -0.39 is 32.8 Å². The third-order valence-electron chi connectivity index (χ3n) is 3.70. The van der Waals surface area contributed by atoms with Crippen molar-refractivity contribution < 1.29 is 18.1 Å². The average molecular weight is 357 g/mol. The highest BCUT2D eigenvalue weighted by molar-refractivity contribution is 7.88. The number of unbranched alkanes of at least 4 members (excludes halogenated alkanes) is 2. The Morgan fingerprint density at radius 1 is 1.29 bits per heavy atom. The first-order valence-corrected chi connectivity index (χ1v) is 9.55. The summed E-state index contributed by atoms with van der Waals surface area (Å²) >= 11 is 0. The monoisotopic (exact) mass is 357 g/mol. The molecule has 24 heavy (non-hydrogen) atoms. The van der Waals surface area contributed by atoms with Crippen LogP contribution < -0.4 is 10.5 Å². The van der Waals surface area contributed by atoms with E-state index in [0.29, 0.717) is 12.0 Å². The van der Waals surface area contributed by atoms with Gasteiger partial charge in [-0.15, -0.1) is 0 Å². The lowest BCUT2D eigenvalue weighted by Crippen LogP contribution is -2.47. The van der Waals surface area contributed by atoms with Crippen molar-refractivity contribution in [1.82, 2.24) is 4.72 Å². The number of nitro benzene ring substituents is 1. The van der Waals surface area contributed by atoms with E-state index in [9.17, 15) is 23.3 Å². The number of nitro groups is 1. The van der Waals surface area contributed by atoms with Crippen molar-refractivity contribution in [1.29, 1.82) is 0 Å². The van der Waals surface area contributed by atoms with Crippen molar-refractivity contribution in [3.05, 3.63) is 39.9 Å². The molecule has 0 radical (unpaired) electrons. The molecule has 1 aromatic carbocycles. The molecule has 9 heteroatoms. The minimum atomic E-state index is -3.63. The number of hydrogen-bond donors (Lipinski definition) is 2. The number of carbonyl (C=O) groups excluding carboxylic acids is 1. The molecule has 0 aliphatic carbocycles. The molecule has 0 aliphatic rings. The van der Waals surface area contributed by atoms with Crippen LogP contribution >= 0.6 is 0 Å². The van der Waals surface area contributed by atoms with Gasteiger partial charge >= 0.3 is 0 Å². The second kappa shape index (κ2) is 8.74. The number of non-ortho nitro benzene ring substituents is 1. The Morgan fingerprint density at radius 2 is 1.88 bits per heavy atom. The largest absolute Gasteiger partial charge is 0.368 e. The normalized spacial score (nSPS) is 14.1. The lowest BCUT2D eigenvalue weighted by atomic mass is 9.86. The van der Waals surface area contributed by atoms with Crippen LogP contribution in [0, 0.1) is 10.1 Å². The first-order valence-electron chi connectivity index (χ1n) is 7.66. The lowest BCUT2D eigenvalue weighted by molar-refractivity contribution is -0.384. The van der Waals surface area contributed by atoms with Crippen molar-refractivity contribution in [2.75, 3.05) is 6.26 Å². The maximum atomic E-state index is 11.8. The molecule has 134 valence electrons. The average Bonchev–Trinajstić information content (AvgIpc) is 2.49. The highest BCUT2D eigenvalue weighted by Crippen LogP contribution is 2.28. The van der Waals surface area contributed by atoms with Crippen LogP contribution in [-0.4, -0.2) is 31.5 Å². The molecule has 1 amide bonds. The molecule has 3 N–H and O–H groups in total. The van der Waals surface area contributed by atoms with E-state index in [1.165, 1.54) is 24.3 Å². The molecule has 0 saturated heterocycles. The number of carbonyl (C=O) groups is 1. The zero-order valence-corrected chi connectivity index (χ0v) is 14.6. The third-order valence-corrected chi connectivity index (χ3v) is 4.38. The summed E-state index contributed by atoms with van der Waals surface area (Å²) in [4.78, 5) is 22.0. The Hall–Kier alpha value is -2.00. The van der Waals surface area contributed by atoms with Crippen LogP contribution in [0.15, 0.2) is 24.3 Å². The lowest BCUT2D eigenvalue weighted by Gasteiger charge is -2.25. The third kappa shape index (κ3) is 6.25. The molecule has 0 aliphatic heterocycles. The summed E-state index contributed by atoms with van der Waals surface area (Å²) in [7, 11) is -3.63. The van der Waals surface area contributed by atoms with E-state index in [1.54, 1.807) is 0 Å². The smallest absolute Gasteiger partial charge is 0.269 e. The minimum Gasteiger partial charge on any atom is -0.368 e. The van der Waals surface area contributed by atoms with Gasteiger partial charge in [0, 0.05) is 18.1 Å². The van der Waals surface area contributed by atoms with Gasteiger partial charge in [-0.3, -0.25) is 14.9 Å². The Morgan fingerprint density at radius 3 is 2.29 bits per heavy atom. The maximum absolute atomic E-state index is 11.8. The minimum absolute atomic E-state index is 0.0715. The number of nitrogens with two attached hydrogens (primary N) is 1.